The summed E-state index contributed by atoms with van der Waals surface area (Å²) in [5.41, 5.74) is 0. The molecule has 0 spiro atoms. The van der Waals surface area contributed by atoms with Crippen molar-refractivity contribution in [3.63, 3.8) is 0 Å². The predicted octanol–water partition coefficient (Wildman–Crippen LogP) is 6.20. The molecule has 2 heteroatoms. The Kier molecular flexibility index (Phi) is 91.4. The van der Waals surface area contributed by atoms with Crippen LogP contribution in [0.15, 0.2) is 12.8 Å². The molecule has 18 heavy (non-hydrogen) atoms. The van der Waals surface area contributed by atoms with E-state index in [1.807, 2.05) is 6.92 Å². The van der Waals surface area contributed by atoms with Crippen LogP contribution in [-0.2, 0) is 4.74 Å². The van der Waals surface area contributed by atoms with Crippen LogP contribution in [0, 0.1) is 0 Å². The van der Waals surface area contributed by atoms with E-state index in [1.165, 1.54) is 44.8 Å². The maximum atomic E-state index is 4.60. The van der Waals surface area contributed by atoms with Gasteiger partial charge in [0.05, 0.1) is 12.9 Å². The third-order valence-electron chi connectivity index (χ3n) is 1.78. The predicted molar refractivity (Wildman–Crippen MR) is 89.3 cm³/mol. The van der Waals surface area contributed by atoms with Crippen LogP contribution in [0.4, 0.5) is 0 Å². The molecule has 0 aromatic rings. The van der Waals surface area contributed by atoms with Crippen LogP contribution in [0.5, 0.6) is 0 Å². The molecular formula is C16H38OSn. The zero-order chi connectivity index (χ0) is 14.4. The summed E-state index contributed by atoms with van der Waals surface area (Å²) < 4.78 is 4.60. The van der Waals surface area contributed by atoms with E-state index < -0.39 is 0 Å². The van der Waals surface area contributed by atoms with Crippen molar-refractivity contribution < 1.29 is 4.74 Å². The van der Waals surface area contributed by atoms with Gasteiger partial charge in [-0.15, -0.1) is 0 Å². The maximum Gasteiger partial charge on any atom is 0.0844 e. The van der Waals surface area contributed by atoms with Gasteiger partial charge in [-0.05, 0) is 6.92 Å². The Morgan fingerprint density at radius 2 is 0.889 bits per heavy atom. The number of unbranched alkanes of at least 4 members (excludes halogenated alkanes) is 3. The quantitative estimate of drug-likeness (QED) is 0.416. The first-order valence-electron chi connectivity index (χ1n) is 7.38. The van der Waals surface area contributed by atoms with Crippen LogP contribution >= 0.6 is 0 Å². The van der Waals surface area contributed by atoms with Gasteiger partial charge in [0.2, 0.25) is 0 Å². The minimum absolute atomic E-state index is 0. The van der Waals surface area contributed by atoms with Crippen molar-refractivity contribution in [2.24, 2.45) is 0 Å². The summed E-state index contributed by atoms with van der Waals surface area (Å²) in [6.07, 6.45) is 9.35. The number of hydrogen-bond donors (Lipinski definition) is 0. The molecule has 0 saturated heterocycles. The summed E-state index contributed by atoms with van der Waals surface area (Å²) in [5, 5.41) is 0. The van der Waals surface area contributed by atoms with Gasteiger partial charge >= 0.3 is 0 Å². The molecule has 0 aliphatic rings. The van der Waals surface area contributed by atoms with Crippen molar-refractivity contribution >= 4 is 23.9 Å². The van der Waals surface area contributed by atoms with E-state index in [0.717, 1.165) is 6.61 Å². The second kappa shape index (κ2) is 53.1. The van der Waals surface area contributed by atoms with Crippen LogP contribution in [0.25, 0.3) is 0 Å². The molecule has 4 radical (unpaired) electrons. The summed E-state index contributed by atoms with van der Waals surface area (Å²) >= 11 is 0. The van der Waals surface area contributed by atoms with Gasteiger partial charge in [-0.3, -0.25) is 0 Å². The van der Waals surface area contributed by atoms with Crippen molar-refractivity contribution in [3.8, 4) is 0 Å². The second-order valence-electron chi connectivity index (χ2n) is 3.62. The average molecular weight is 365 g/mol. The molecule has 112 valence electrons. The van der Waals surface area contributed by atoms with Gasteiger partial charge in [-0.2, -0.15) is 0 Å². The smallest absolute Gasteiger partial charge is 0.0844 e. The Morgan fingerprint density at radius 3 is 0.889 bits per heavy atom. The number of rotatable bonds is 5. The van der Waals surface area contributed by atoms with Crippen LogP contribution < -0.4 is 0 Å². The molecule has 0 amide bonds. The molecule has 0 unspecified atom stereocenters. The zero-order valence-electron chi connectivity index (χ0n) is 14.1. The Morgan fingerprint density at radius 1 is 0.667 bits per heavy atom. The molecular weight excluding hydrogens is 327 g/mol. The van der Waals surface area contributed by atoms with Crippen molar-refractivity contribution in [2.45, 2.75) is 87.0 Å². The van der Waals surface area contributed by atoms with E-state index in [-0.39, 0.29) is 23.9 Å². The molecule has 0 bridgehead atoms. The molecule has 0 atom stereocenters. The molecule has 0 aromatic carbocycles. The van der Waals surface area contributed by atoms with Gasteiger partial charge in [0.25, 0.3) is 0 Å². The molecule has 0 rings (SSSR count). The van der Waals surface area contributed by atoms with Gasteiger partial charge in [-0.25, -0.2) is 0 Å². The summed E-state index contributed by atoms with van der Waals surface area (Å²) in [6.45, 7) is 19.1. The summed E-state index contributed by atoms with van der Waals surface area (Å²) in [7, 11) is 0. The maximum absolute atomic E-state index is 4.60. The molecule has 1 nitrogen and oxygen atoms in total. The molecule has 0 N–H and O–H groups in total. The van der Waals surface area contributed by atoms with E-state index in [4.69, 9.17) is 0 Å². The fourth-order valence-electron chi connectivity index (χ4n) is 0.118. The summed E-state index contributed by atoms with van der Waals surface area (Å²) in [4.78, 5) is 0. The molecule has 0 aliphatic heterocycles. The van der Waals surface area contributed by atoms with Gasteiger partial charge in [0, 0.05) is 23.9 Å². The summed E-state index contributed by atoms with van der Waals surface area (Å²) in [5.74, 6) is 0. The van der Waals surface area contributed by atoms with E-state index in [2.05, 4.69) is 52.9 Å². The van der Waals surface area contributed by atoms with Crippen molar-refractivity contribution in [3.05, 3.63) is 12.8 Å². The minimum atomic E-state index is 0. The molecule has 0 saturated carbocycles. The Labute approximate surface area is 135 Å². The van der Waals surface area contributed by atoms with Crippen LogP contribution in [0.3, 0.4) is 0 Å². The number of hydrogen-bond acceptors (Lipinski definition) is 1. The molecule has 0 aromatic heterocycles. The van der Waals surface area contributed by atoms with Crippen LogP contribution in [0.2, 0.25) is 0 Å². The van der Waals surface area contributed by atoms with E-state index in [1.54, 1.807) is 0 Å². The fraction of sp³-hybridized carbons (Fsp3) is 0.875. The van der Waals surface area contributed by atoms with Gasteiger partial charge in [0.1, 0.15) is 0 Å². The third kappa shape index (κ3) is 135. The Bertz CT molecular complexity index is 69.7. The van der Waals surface area contributed by atoms with Crippen LogP contribution in [0.1, 0.15) is 87.0 Å². The third-order valence-corrected chi connectivity index (χ3v) is 1.78. The molecule has 0 heterocycles. The number of ether oxygens (including phenoxy) is 1. The average Bonchev–Trinajstić information content (AvgIpc) is 2.40. The Balaban J connectivity index is -0.0000000412. The van der Waals surface area contributed by atoms with Crippen LogP contribution in [-0.4, -0.2) is 30.5 Å². The van der Waals surface area contributed by atoms with E-state index in [9.17, 15) is 0 Å². The van der Waals surface area contributed by atoms with Gasteiger partial charge in [-0.1, -0.05) is 86.6 Å². The monoisotopic (exact) mass is 366 g/mol. The van der Waals surface area contributed by atoms with Crippen molar-refractivity contribution in [2.75, 3.05) is 6.61 Å². The summed E-state index contributed by atoms with van der Waals surface area (Å²) in [6, 6.07) is 0. The standard InChI is InChI=1S/C4H8O.3C4H10.Sn/c1-3-5-4-2;3*1-3-4-2;/h3H,1,4H2,2H3;3*3-4H2,1-2H3;. The fourth-order valence-corrected chi connectivity index (χ4v) is 0.118. The van der Waals surface area contributed by atoms with Crippen molar-refractivity contribution in [1.29, 1.82) is 0 Å². The van der Waals surface area contributed by atoms with Crippen molar-refractivity contribution in [1.82, 2.24) is 0 Å². The Hall–Kier alpha value is 0.339. The zero-order valence-corrected chi connectivity index (χ0v) is 17.0. The van der Waals surface area contributed by atoms with Gasteiger partial charge < -0.3 is 4.74 Å². The first-order valence-corrected chi connectivity index (χ1v) is 7.38. The molecule has 0 aliphatic carbocycles. The largest absolute Gasteiger partial charge is 0.502 e. The minimum Gasteiger partial charge on any atom is -0.502 e. The van der Waals surface area contributed by atoms with E-state index in [0.29, 0.717) is 0 Å². The topological polar surface area (TPSA) is 9.23 Å². The normalized spacial score (nSPS) is 6.83. The second-order valence-corrected chi connectivity index (χ2v) is 3.62. The van der Waals surface area contributed by atoms with Gasteiger partial charge in [0.15, 0.2) is 0 Å². The first-order chi connectivity index (χ1) is 8.16. The SMILES string of the molecule is C=COCC.CCCC.CCCC.CCCC.[Sn]. The molecule has 0 fully saturated rings. The first kappa shape index (κ1) is 31.0. The van der Waals surface area contributed by atoms with E-state index >= 15 is 0 Å².